The summed E-state index contributed by atoms with van der Waals surface area (Å²) in [6.45, 7) is 4.56. The van der Waals surface area contributed by atoms with Crippen LogP contribution in [0.5, 0.6) is 0 Å². The highest BCUT2D eigenvalue weighted by Crippen LogP contribution is 1.98. The van der Waals surface area contributed by atoms with E-state index in [1.54, 1.807) is 6.92 Å². The first kappa shape index (κ1) is 16.4. The second kappa shape index (κ2) is 13.5. The van der Waals surface area contributed by atoms with Crippen LogP contribution in [-0.2, 0) is 9.47 Å². The molecule has 3 N–H and O–H groups in total. The molecule has 0 heterocycles. The molecule has 0 amide bonds. The molecule has 0 aromatic heterocycles. The van der Waals surface area contributed by atoms with Gasteiger partial charge in [-0.2, -0.15) is 0 Å². The fourth-order valence-corrected chi connectivity index (χ4v) is 1.33. The first-order chi connectivity index (χ1) is 8.31. The lowest BCUT2D eigenvalue weighted by Crippen LogP contribution is -2.15. The maximum absolute atomic E-state index is 9.22. The topological polar surface area (TPSA) is 64.7 Å². The van der Waals surface area contributed by atoms with Crippen LogP contribution in [0.15, 0.2) is 0 Å². The predicted octanol–water partition coefficient (Wildman–Crippen LogP) is 0.923. The minimum Gasteiger partial charge on any atom is -0.379 e. The van der Waals surface area contributed by atoms with Gasteiger partial charge in [0.1, 0.15) is 6.10 Å². The highest BCUT2D eigenvalue weighted by atomic mass is 16.5. The van der Waals surface area contributed by atoms with Crippen molar-refractivity contribution in [3.05, 3.63) is 0 Å². The van der Waals surface area contributed by atoms with E-state index >= 15 is 0 Å². The number of aliphatic hydroxyl groups is 1. The molecule has 0 aliphatic heterocycles. The van der Waals surface area contributed by atoms with Gasteiger partial charge in [0, 0.05) is 6.61 Å². The van der Waals surface area contributed by atoms with Gasteiger partial charge in [0.05, 0.1) is 19.8 Å². The van der Waals surface area contributed by atoms with Crippen LogP contribution >= 0.6 is 0 Å². The fraction of sp³-hybridized carbons (Fsp3) is 0.846. The molecule has 0 bridgehead atoms. The number of unbranched alkanes of at least 4 members (excludes halogenated alkanes) is 3. The molecule has 0 aromatic rings. The van der Waals surface area contributed by atoms with Gasteiger partial charge in [0.2, 0.25) is 0 Å². The molecule has 0 aromatic carbocycles. The van der Waals surface area contributed by atoms with Gasteiger partial charge in [-0.1, -0.05) is 18.8 Å². The van der Waals surface area contributed by atoms with E-state index in [4.69, 9.17) is 15.2 Å². The molecule has 0 aliphatic rings. The SMILES string of the molecule is CC#CC(O)COCCOCCCCCCN. The molecule has 0 saturated carbocycles. The minimum absolute atomic E-state index is 0.251. The molecule has 1 unspecified atom stereocenters. The summed E-state index contributed by atoms with van der Waals surface area (Å²) in [6.07, 6.45) is 3.83. The fourth-order valence-electron chi connectivity index (χ4n) is 1.33. The van der Waals surface area contributed by atoms with Crippen molar-refractivity contribution in [2.24, 2.45) is 5.73 Å². The monoisotopic (exact) mass is 243 g/mol. The van der Waals surface area contributed by atoms with Gasteiger partial charge >= 0.3 is 0 Å². The van der Waals surface area contributed by atoms with Gasteiger partial charge in [0.25, 0.3) is 0 Å². The Morgan fingerprint density at radius 1 is 1.06 bits per heavy atom. The van der Waals surface area contributed by atoms with Crippen LogP contribution in [0.4, 0.5) is 0 Å². The van der Waals surface area contributed by atoms with E-state index in [0.29, 0.717) is 13.2 Å². The number of rotatable bonds is 11. The van der Waals surface area contributed by atoms with Crippen LogP contribution in [0.1, 0.15) is 32.6 Å². The summed E-state index contributed by atoms with van der Waals surface area (Å²) in [5.41, 5.74) is 5.39. The molecule has 4 heteroatoms. The number of hydrogen-bond acceptors (Lipinski definition) is 4. The van der Waals surface area contributed by atoms with E-state index in [1.807, 2.05) is 0 Å². The molecule has 4 nitrogen and oxygen atoms in total. The van der Waals surface area contributed by atoms with Crippen LogP contribution in [0.3, 0.4) is 0 Å². The average Bonchev–Trinajstić information content (AvgIpc) is 2.32. The van der Waals surface area contributed by atoms with Gasteiger partial charge < -0.3 is 20.3 Å². The Morgan fingerprint density at radius 3 is 2.47 bits per heavy atom. The minimum atomic E-state index is -0.684. The Hall–Kier alpha value is -0.600. The Balaban J connectivity index is 3.05. The third kappa shape index (κ3) is 13.3. The standard InChI is InChI=1S/C13H25NO3/c1-2-7-13(15)12-17-11-10-16-9-6-4-3-5-8-14/h13,15H,3-6,8-12,14H2,1H3. The number of aliphatic hydroxyl groups excluding tert-OH is 1. The van der Waals surface area contributed by atoms with E-state index in [9.17, 15) is 5.11 Å². The first-order valence-electron chi connectivity index (χ1n) is 6.27. The smallest absolute Gasteiger partial charge is 0.137 e. The summed E-state index contributed by atoms with van der Waals surface area (Å²) in [4.78, 5) is 0. The third-order valence-electron chi connectivity index (χ3n) is 2.20. The lowest BCUT2D eigenvalue weighted by atomic mass is 10.2. The van der Waals surface area contributed by atoms with Crippen molar-refractivity contribution < 1.29 is 14.6 Å². The zero-order valence-corrected chi connectivity index (χ0v) is 10.8. The lowest BCUT2D eigenvalue weighted by molar-refractivity contribution is 0.0185. The molecular weight excluding hydrogens is 218 g/mol. The van der Waals surface area contributed by atoms with Gasteiger partial charge in [-0.15, -0.1) is 5.92 Å². The van der Waals surface area contributed by atoms with Crippen molar-refractivity contribution >= 4 is 0 Å². The molecular formula is C13H25NO3. The quantitative estimate of drug-likeness (QED) is 0.418. The van der Waals surface area contributed by atoms with Crippen molar-refractivity contribution in [3.8, 4) is 11.8 Å². The molecule has 17 heavy (non-hydrogen) atoms. The number of nitrogens with two attached hydrogens (primary N) is 1. The third-order valence-corrected chi connectivity index (χ3v) is 2.20. The van der Waals surface area contributed by atoms with E-state index in [1.165, 1.54) is 12.8 Å². The molecule has 0 fully saturated rings. The van der Waals surface area contributed by atoms with Gasteiger partial charge in [-0.25, -0.2) is 0 Å². The largest absolute Gasteiger partial charge is 0.379 e. The maximum atomic E-state index is 9.22. The highest BCUT2D eigenvalue weighted by Gasteiger charge is 1.98. The van der Waals surface area contributed by atoms with Crippen LogP contribution in [-0.4, -0.2) is 44.2 Å². The van der Waals surface area contributed by atoms with E-state index < -0.39 is 6.10 Å². The highest BCUT2D eigenvalue weighted by molar-refractivity contribution is 5.01. The lowest BCUT2D eigenvalue weighted by Gasteiger charge is -2.06. The molecule has 0 saturated heterocycles. The first-order valence-corrected chi connectivity index (χ1v) is 6.27. The number of ether oxygens (including phenoxy) is 2. The van der Waals surface area contributed by atoms with E-state index in [2.05, 4.69) is 11.8 Å². The van der Waals surface area contributed by atoms with Crippen LogP contribution in [0.25, 0.3) is 0 Å². The second-order valence-corrected chi connectivity index (χ2v) is 3.80. The predicted molar refractivity (Wildman–Crippen MR) is 68.6 cm³/mol. The van der Waals surface area contributed by atoms with Crippen molar-refractivity contribution in [2.45, 2.75) is 38.7 Å². The molecule has 100 valence electrons. The Morgan fingerprint density at radius 2 is 1.76 bits per heavy atom. The van der Waals surface area contributed by atoms with Crippen LogP contribution in [0.2, 0.25) is 0 Å². The normalized spacial score (nSPS) is 11.9. The molecule has 0 radical (unpaired) electrons. The van der Waals surface area contributed by atoms with E-state index in [0.717, 1.165) is 26.0 Å². The van der Waals surface area contributed by atoms with E-state index in [-0.39, 0.29) is 6.61 Å². The Kier molecular flexibility index (Phi) is 13.0. The van der Waals surface area contributed by atoms with Gasteiger partial charge in [-0.05, 0) is 26.3 Å². The summed E-state index contributed by atoms with van der Waals surface area (Å²) in [5, 5.41) is 9.22. The zero-order chi connectivity index (χ0) is 12.8. The van der Waals surface area contributed by atoms with Crippen LogP contribution in [0, 0.1) is 11.8 Å². The number of hydrogen-bond donors (Lipinski definition) is 2. The molecule has 0 rings (SSSR count). The Bertz CT molecular complexity index is 210. The van der Waals surface area contributed by atoms with Crippen molar-refractivity contribution in [3.63, 3.8) is 0 Å². The summed E-state index contributed by atoms with van der Waals surface area (Å²) >= 11 is 0. The maximum Gasteiger partial charge on any atom is 0.137 e. The second-order valence-electron chi connectivity index (χ2n) is 3.80. The van der Waals surface area contributed by atoms with Crippen molar-refractivity contribution in [1.29, 1.82) is 0 Å². The Labute approximate surface area is 104 Å². The summed E-state index contributed by atoms with van der Waals surface area (Å²) in [7, 11) is 0. The summed E-state index contributed by atoms with van der Waals surface area (Å²) < 4.78 is 10.6. The van der Waals surface area contributed by atoms with Gasteiger partial charge in [0.15, 0.2) is 0 Å². The van der Waals surface area contributed by atoms with Crippen LogP contribution < -0.4 is 5.73 Å². The zero-order valence-electron chi connectivity index (χ0n) is 10.8. The molecule has 0 aliphatic carbocycles. The average molecular weight is 243 g/mol. The summed E-state index contributed by atoms with van der Waals surface area (Å²) in [5.74, 6) is 5.24. The van der Waals surface area contributed by atoms with Crippen molar-refractivity contribution in [2.75, 3.05) is 33.0 Å². The molecule has 1 atom stereocenters. The van der Waals surface area contributed by atoms with Crippen molar-refractivity contribution in [1.82, 2.24) is 0 Å². The molecule has 0 spiro atoms. The summed E-state index contributed by atoms with van der Waals surface area (Å²) in [6, 6.07) is 0. The van der Waals surface area contributed by atoms with Gasteiger partial charge in [-0.3, -0.25) is 0 Å².